The summed E-state index contributed by atoms with van der Waals surface area (Å²) in [5, 5.41) is 14.6. The Bertz CT molecular complexity index is 762. The van der Waals surface area contributed by atoms with Crippen LogP contribution in [0.4, 0.5) is 4.79 Å². The molecule has 0 rings (SSSR count). The van der Waals surface area contributed by atoms with Crippen LogP contribution in [0.5, 0.6) is 0 Å². The molecule has 8 heteroatoms. The number of amides is 2. The van der Waals surface area contributed by atoms with Crippen molar-refractivity contribution in [3.63, 3.8) is 0 Å². The van der Waals surface area contributed by atoms with E-state index in [1.54, 1.807) is 20.8 Å². The molecule has 0 aliphatic heterocycles. The van der Waals surface area contributed by atoms with Gasteiger partial charge in [-0.2, -0.15) is 11.8 Å². The predicted molar refractivity (Wildman–Crippen MR) is 153 cm³/mol. The maximum atomic E-state index is 12.1. The number of hydrogen-bond donors (Lipinski definition) is 3. The third-order valence-corrected chi connectivity index (χ3v) is 5.81. The molecule has 0 aromatic carbocycles. The summed E-state index contributed by atoms with van der Waals surface area (Å²) in [5.74, 6) is -0.395. The summed E-state index contributed by atoms with van der Waals surface area (Å²) >= 11 is 1.48. The zero-order valence-corrected chi connectivity index (χ0v) is 23.5. The molecule has 0 bridgehead atoms. The number of ether oxygens (including phenoxy) is 1. The van der Waals surface area contributed by atoms with E-state index in [2.05, 4.69) is 56.6 Å². The summed E-state index contributed by atoms with van der Waals surface area (Å²) in [6.07, 6.45) is 10.8. The standard InChI is InChI=1S/C27H46N2O5S.CH4/c1-20(2)11-8-12-21(3)13-9-14-22(4)16-18-35-19-23(25(31)32)29-24(30)15-10-17-28-26(33)34-27(5,6)7;/h11,13,16,23H,8-10,12,14-15,17-19H2,1-7H3,(H,28,33)(H,29,30)(H,31,32);1H4/b21-13+,22-16+;/t23-;/m0./s1. The summed E-state index contributed by atoms with van der Waals surface area (Å²) in [7, 11) is 0. The first-order valence-electron chi connectivity index (χ1n) is 12.3. The minimum Gasteiger partial charge on any atom is -0.480 e. The average molecular weight is 527 g/mol. The normalized spacial score (nSPS) is 12.8. The van der Waals surface area contributed by atoms with Crippen LogP contribution in [-0.4, -0.2) is 52.8 Å². The van der Waals surface area contributed by atoms with Crippen molar-refractivity contribution < 1.29 is 24.2 Å². The van der Waals surface area contributed by atoms with Crippen molar-refractivity contribution in [2.45, 2.75) is 106 Å². The highest BCUT2D eigenvalue weighted by Gasteiger charge is 2.20. The number of rotatable bonds is 16. The van der Waals surface area contributed by atoms with Gasteiger partial charge in [-0.3, -0.25) is 4.79 Å². The number of carbonyl (C=O) groups is 3. The summed E-state index contributed by atoms with van der Waals surface area (Å²) < 4.78 is 5.13. The van der Waals surface area contributed by atoms with Crippen molar-refractivity contribution in [1.82, 2.24) is 10.6 Å². The molecule has 0 aromatic rings. The minimum absolute atomic E-state index is 0. The van der Waals surface area contributed by atoms with Crippen LogP contribution in [-0.2, 0) is 14.3 Å². The monoisotopic (exact) mass is 526 g/mol. The van der Waals surface area contributed by atoms with Gasteiger partial charge in [0.1, 0.15) is 11.6 Å². The molecule has 0 aliphatic rings. The molecule has 0 aliphatic carbocycles. The van der Waals surface area contributed by atoms with E-state index in [9.17, 15) is 19.5 Å². The van der Waals surface area contributed by atoms with E-state index in [1.807, 2.05) is 0 Å². The van der Waals surface area contributed by atoms with Crippen molar-refractivity contribution in [2.24, 2.45) is 0 Å². The van der Waals surface area contributed by atoms with E-state index in [0.29, 0.717) is 17.9 Å². The molecule has 0 radical (unpaired) electrons. The number of alkyl carbamates (subject to hydrolysis) is 1. The predicted octanol–water partition coefficient (Wildman–Crippen LogP) is 6.65. The average Bonchev–Trinajstić information content (AvgIpc) is 2.71. The Balaban J connectivity index is 0. The number of carboxylic acid groups (broad SMARTS) is 1. The molecule has 0 heterocycles. The number of nitrogens with one attached hydrogen (secondary N) is 2. The molecular weight excluding hydrogens is 476 g/mol. The number of aliphatic carboxylic acids is 1. The Morgan fingerprint density at radius 2 is 1.53 bits per heavy atom. The first-order chi connectivity index (χ1) is 16.3. The van der Waals surface area contributed by atoms with E-state index in [0.717, 1.165) is 25.7 Å². The van der Waals surface area contributed by atoms with Crippen LogP contribution >= 0.6 is 11.8 Å². The Kier molecular flexibility index (Phi) is 19.9. The quantitative estimate of drug-likeness (QED) is 0.154. The second-order valence-electron chi connectivity index (χ2n) is 9.99. The summed E-state index contributed by atoms with van der Waals surface area (Å²) in [6.45, 7) is 14.1. The molecule has 0 unspecified atom stereocenters. The molecule has 36 heavy (non-hydrogen) atoms. The van der Waals surface area contributed by atoms with E-state index in [-0.39, 0.29) is 26.3 Å². The summed E-state index contributed by atoms with van der Waals surface area (Å²) in [6, 6.07) is -0.939. The highest BCUT2D eigenvalue weighted by atomic mass is 32.2. The number of allylic oxidation sites excluding steroid dienone is 5. The number of thioether (sulfide) groups is 1. The number of carboxylic acids is 1. The van der Waals surface area contributed by atoms with Gasteiger partial charge in [-0.15, -0.1) is 0 Å². The lowest BCUT2D eigenvalue weighted by atomic mass is 10.1. The molecule has 7 nitrogen and oxygen atoms in total. The fourth-order valence-electron chi connectivity index (χ4n) is 2.92. The third-order valence-electron chi connectivity index (χ3n) is 4.84. The van der Waals surface area contributed by atoms with Gasteiger partial charge >= 0.3 is 12.1 Å². The molecule has 0 fully saturated rings. The van der Waals surface area contributed by atoms with Gasteiger partial charge in [0, 0.05) is 24.5 Å². The maximum Gasteiger partial charge on any atom is 0.407 e. The fraction of sp³-hybridized carbons (Fsp3) is 0.679. The molecule has 208 valence electrons. The van der Waals surface area contributed by atoms with Crippen LogP contribution in [0.1, 0.15) is 94.4 Å². The Labute approximate surface area is 223 Å². The first-order valence-corrected chi connectivity index (χ1v) is 13.5. The van der Waals surface area contributed by atoms with Crippen LogP contribution in [0.2, 0.25) is 0 Å². The smallest absolute Gasteiger partial charge is 0.407 e. The van der Waals surface area contributed by atoms with Crippen LogP contribution in [0, 0.1) is 0 Å². The second-order valence-corrected chi connectivity index (χ2v) is 11.1. The third kappa shape index (κ3) is 22.3. The van der Waals surface area contributed by atoms with Gasteiger partial charge in [0.25, 0.3) is 0 Å². The molecule has 2 amide bonds. The van der Waals surface area contributed by atoms with Crippen molar-refractivity contribution >= 4 is 29.7 Å². The molecule has 0 saturated heterocycles. The Morgan fingerprint density at radius 1 is 0.944 bits per heavy atom. The van der Waals surface area contributed by atoms with Gasteiger partial charge < -0.3 is 20.5 Å². The van der Waals surface area contributed by atoms with E-state index >= 15 is 0 Å². The number of carbonyl (C=O) groups excluding carboxylic acids is 2. The van der Waals surface area contributed by atoms with Gasteiger partial charge in [-0.25, -0.2) is 9.59 Å². The largest absolute Gasteiger partial charge is 0.480 e. The van der Waals surface area contributed by atoms with Crippen molar-refractivity contribution in [2.75, 3.05) is 18.1 Å². The molecule has 3 N–H and O–H groups in total. The lowest BCUT2D eigenvalue weighted by Crippen LogP contribution is -2.42. The lowest BCUT2D eigenvalue weighted by molar-refractivity contribution is -0.141. The van der Waals surface area contributed by atoms with Gasteiger partial charge in [0.05, 0.1) is 0 Å². The zero-order valence-electron chi connectivity index (χ0n) is 22.7. The molecule has 1 atom stereocenters. The minimum atomic E-state index is -1.05. The van der Waals surface area contributed by atoms with E-state index < -0.39 is 23.7 Å². The Morgan fingerprint density at radius 3 is 2.08 bits per heavy atom. The van der Waals surface area contributed by atoms with Crippen LogP contribution in [0.3, 0.4) is 0 Å². The molecule has 0 spiro atoms. The van der Waals surface area contributed by atoms with Crippen molar-refractivity contribution in [3.05, 3.63) is 34.9 Å². The van der Waals surface area contributed by atoms with Gasteiger partial charge in [0.15, 0.2) is 0 Å². The van der Waals surface area contributed by atoms with Crippen LogP contribution in [0.25, 0.3) is 0 Å². The Hall–Kier alpha value is -2.22. The molecular formula is C28H50N2O5S. The van der Waals surface area contributed by atoms with Crippen LogP contribution < -0.4 is 10.6 Å². The SMILES string of the molecule is C.CC(C)=CCC/C(C)=C/CC/C(C)=C/CSC[C@H](NC(=O)CCCNC(=O)OC(C)(C)C)C(=O)O. The van der Waals surface area contributed by atoms with E-state index in [4.69, 9.17) is 4.74 Å². The van der Waals surface area contributed by atoms with Crippen LogP contribution in [0.15, 0.2) is 34.9 Å². The second kappa shape index (κ2) is 19.9. The highest BCUT2D eigenvalue weighted by molar-refractivity contribution is 7.99. The maximum absolute atomic E-state index is 12.1. The lowest BCUT2D eigenvalue weighted by Gasteiger charge is -2.19. The van der Waals surface area contributed by atoms with Gasteiger partial charge in [0.2, 0.25) is 5.91 Å². The first kappa shape index (κ1) is 35.9. The summed E-state index contributed by atoms with van der Waals surface area (Å²) in [5.41, 5.74) is 3.46. The van der Waals surface area contributed by atoms with Crippen molar-refractivity contribution in [3.8, 4) is 0 Å². The van der Waals surface area contributed by atoms with Gasteiger partial charge in [-0.05, 0) is 80.6 Å². The zero-order chi connectivity index (χ0) is 26.9. The molecule has 0 aromatic heterocycles. The fourth-order valence-corrected chi connectivity index (χ4v) is 3.92. The van der Waals surface area contributed by atoms with Crippen molar-refractivity contribution in [1.29, 1.82) is 0 Å². The van der Waals surface area contributed by atoms with Gasteiger partial charge in [-0.1, -0.05) is 42.4 Å². The highest BCUT2D eigenvalue weighted by Crippen LogP contribution is 2.13. The topological polar surface area (TPSA) is 105 Å². The summed E-state index contributed by atoms with van der Waals surface area (Å²) in [4.78, 5) is 35.2. The molecule has 0 saturated carbocycles. The van der Waals surface area contributed by atoms with E-state index in [1.165, 1.54) is 28.5 Å². The number of hydrogen-bond acceptors (Lipinski definition) is 5.